The van der Waals surface area contributed by atoms with Gasteiger partial charge in [0, 0.05) is 11.7 Å². The van der Waals surface area contributed by atoms with Gasteiger partial charge < -0.3 is 9.64 Å². The largest absolute Gasteiger partial charge is 0.495 e. The maximum Gasteiger partial charge on any atom is 0.237 e. The summed E-state index contributed by atoms with van der Waals surface area (Å²) in [7, 11) is 1.65. The van der Waals surface area contributed by atoms with Gasteiger partial charge in [-0.1, -0.05) is 48.2 Å². The molecule has 0 saturated heterocycles. The Morgan fingerprint density at radius 3 is 2.66 bits per heavy atom. The summed E-state index contributed by atoms with van der Waals surface area (Å²) >= 11 is 3.00. The SMILES string of the molecule is COc1ccccc1-n1c(SCC(=O)N2c3ccccc3CC2C)nnc1-c1cccs1. The molecule has 0 aliphatic carbocycles. The van der Waals surface area contributed by atoms with Gasteiger partial charge in [0.2, 0.25) is 5.91 Å². The second-order valence-electron chi connectivity index (χ2n) is 7.53. The highest BCUT2D eigenvalue weighted by molar-refractivity contribution is 7.99. The lowest BCUT2D eigenvalue weighted by atomic mass is 10.1. The van der Waals surface area contributed by atoms with Gasteiger partial charge in [-0.15, -0.1) is 21.5 Å². The predicted molar refractivity (Wildman–Crippen MR) is 129 cm³/mol. The first-order valence-electron chi connectivity index (χ1n) is 10.3. The molecule has 1 atom stereocenters. The Balaban J connectivity index is 1.47. The summed E-state index contributed by atoms with van der Waals surface area (Å²) in [5, 5.41) is 11.6. The number of carbonyl (C=O) groups is 1. The van der Waals surface area contributed by atoms with Gasteiger partial charge in [0.1, 0.15) is 5.75 Å². The second-order valence-corrected chi connectivity index (χ2v) is 9.42. The monoisotopic (exact) mass is 462 g/mol. The average Bonchev–Trinajstić information content (AvgIpc) is 3.55. The third kappa shape index (κ3) is 3.69. The van der Waals surface area contributed by atoms with E-state index in [0.717, 1.165) is 34.2 Å². The van der Waals surface area contributed by atoms with Crippen LogP contribution in [0.4, 0.5) is 5.69 Å². The van der Waals surface area contributed by atoms with Crippen LogP contribution in [0.5, 0.6) is 5.75 Å². The molecule has 0 fully saturated rings. The highest BCUT2D eigenvalue weighted by atomic mass is 32.2. The van der Waals surface area contributed by atoms with Crippen LogP contribution in [0.1, 0.15) is 12.5 Å². The Kier molecular flexibility index (Phi) is 5.71. The van der Waals surface area contributed by atoms with Crippen LogP contribution in [0.15, 0.2) is 71.2 Å². The quantitative estimate of drug-likeness (QED) is 0.374. The molecule has 32 heavy (non-hydrogen) atoms. The van der Waals surface area contributed by atoms with Crippen LogP contribution >= 0.6 is 23.1 Å². The van der Waals surface area contributed by atoms with Gasteiger partial charge >= 0.3 is 0 Å². The van der Waals surface area contributed by atoms with E-state index >= 15 is 0 Å². The fraction of sp³-hybridized carbons (Fsp3) is 0.208. The van der Waals surface area contributed by atoms with Gasteiger partial charge in [-0.3, -0.25) is 9.36 Å². The van der Waals surface area contributed by atoms with Gasteiger partial charge in [0.15, 0.2) is 11.0 Å². The number of rotatable bonds is 6. The molecular formula is C24H22N4O2S2. The summed E-state index contributed by atoms with van der Waals surface area (Å²) in [5.41, 5.74) is 3.07. The van der Waals surface area contributed by atoms with E-state index in [1.165, 1.54) is 17.3 Å². The molecule has 1 aliphatic heterocycles. The molecule has 1 aliphatic rings. The molecule has 1 unspecified atom stereocenters. The minimum absolute atomic E-state index is 0.0692. The van der Waals surface area contributed by atoms with Gasteiger partial charge in [-0.05, 0) is 48.6 Å². The van der Waals surface area contributed by atoms with Crippen LogP contribution in [-0.4, -0.2) is 39.6 Å². The molecule has 0 radical (unpaired) electrons. The fourth-order valence-electron chi connectivity index (χ4n) is 4.10. The Bertz CT molecular complexity index is 1250. The summed E-state index contributed by atoms with van der Waals surface area (Å²) < 4.78 is 7.58. The molecule has 2 aromatic heterocycles. The molecule has 0 spiro atoms. The van der Waals surface area contributed by atoms with Crippen LogP contribution in [0.25, 0.3) is 16.4 Å². The lowest BCUT2D eigenvalue weighted by Gasteiger charge is -2.22. The number of ether oxygens (including phenoxy) is 1. The third-order valence-corrected chi connectivity index (χ3v) is 7.28. The van der Waals surface area contributed by atoms with E-state index in [1.54, 1.807) is 18.4 Å². The van der Waals surface area contributed by atoms with Crippen molar-refractivity contribution in [2.45, 2.75) is 24.5 Å². The molecule has 6 nitrogen and oxygen atoms in total. The number of fused-ring (bicyclic) bond motifs is 1. The average molecular weight is 463 g/mol. The van der Waals surface area contributed by atoms with Gasteiger partial charge in [-0.2, -0.15) is 0 Å². The molecule has 5 rings (SSSR count). The minimum atomic E-state index is 0.0692. The highest BCUT2D eigenvalue weighted by Crippen LogP contribution is 2.36. The minimum Gasteiger partial charge on any atom is -0.495 e. The van der Waals surface area contributed by atoms with Crippen LogP contribution in [-0.2, 0) is 11.2 Å². The predicted octanol–water partition coefficient (Wildman–Crippen LogP) is 5.07. The maximum atomic E-state index is 13.2. The number of aromatic nitrogens is 3. The number of thiophene rings is 1. The van der Waals surface area contributed by atoms with Crippen molar-refractivity contribution in [1.29, 1.82) is 0 Å². The first-order chi connectivity index (χ1) is 15.7. The second kappa shape index (κ2) is 8.80. The van der Waals surface area contributed by atoms with Crippen molar-refractivity contribution in [2.75, 3.05) is 17.8 Å². The van der Waals surface area contributed by atoms with Crippen LogP contribution in [0.3, 0.4) is 0 Å². The third-order valence-electron chi connectivity index (χ3n) is 5.50. The van der Waals surface area contributed by atoms with Crippen molar-refractivity contribution < 1.29 is 9.53 Å². The first kappa shape index (κ1) is 20.8. The number of benzene rings is 2. The zero-order valence-corrected chi connectivity index (χ0v) is 19.4. The molecular weight excluding hydrogens is 440 g/mol. The number of methoxy groups -OCH3 is 1. The fourth-order valence-corrected chi connectivity index (χ4v) is 5.60. The number of nitrogens with zero attached hydrogens (tertiary/aromatic N) is 4. The number of amides is 1. The summed E-state index contributed by atoms with van der Waals surface area (Å²) in [6.45, 7) is 2.09. The number of hydrogen-bond acceptors (Lipinski definition) is 6. The number of hydrogen-bond donors (Lipinski definition) is 0. The summed E-state index contributed by atoms with van der Waals surface area (Å²) in [6.07, 6.45) is 0.881. The summed E-state index contributed by atoms with van der Waals surface area (Å²) in [5.74, 6) is 1.80. The maximum absolute atomic E-state index is 13.2. The van der Waals surface area contributed by atoms with E-state index in [0.29, 0.717) is 5.16 Å². The molecule has 0 bridgehead atoms. The zero-order chi connectivity index (χ0) is 22.1. The highest BCUT2D eigenvalue weighted by Gasteiger charge is 2.31. The van der Waals surface area contributed by atoms with E-state index in [1.807, 2.05) is 69.4 Å². The van der Waals surface area contributed by atoms with Gasteiger partial charge in [-0.25, -0.2) is 0 Å². The van der Waals surface area contributed by atoms with E-state index in [-0.39, 0.29) is 17.7 Å². The van der Waals surface area contributed by atoms with Crippen molar-refractivity contribution in [1.82, 2.24) is 14.8 Å². The lowest BCUT2D eigenvalue weighted by molar-refractivity contribution is -0.116. The summed E-state index contributed by atoms with van der Waals surface area (Å²) in [4.78, 5) is 16.1. The van der Waals surface area contributed by atoms with Crippen molar-refractivity contribution >= 4 is 34.7 Å². The standard InChI is InChI=1S/C24H22N4O2S2/c1-16-14-17-8-3-4-9-18(17)27(16)22(29)15-32-24-26-25-23(21-12-7-13-31-21)28(24)19-10-5-6-11-20(19)30-2/h3-13,16H,14-15H2,1-2H3. The molecule has 0 saturated carbocycles. The normalized spacial score (nSPS) is 15.1. The molecule has 8 heteroatoms. The molecule has 2 aromatic carbocycles. The molecule has 162 valence electrons. The molecule has 0 N–H and O–H groups in total. The van der Waals surface area contributed by atoms with Crippen LogP contribution in [0.2, 0.25) is 0 Å². The topological polar surface area (TPSA) is 60.2 Å². The Hall–Kier alpha value is -3.10. The van der Waals surface area contributed by atoms with E-state index in [2.05, 4.69) is 23.2 Å². The zero-order valence-electron chi connectivity index (χ0n) is 17.8. The Morgan fingerprint density at radius 2 is 1.88 bits per heavy atom. The van der Waals surface area contributed by atoms with Crippen LogP contribution < -0.4 is 9.64 Å². The van der Waals surface area contributed by atoms with Gasteiger partial charge in [0.05, 0.1) is 23.4 Å². The summed E-state index contributed by atoms with van der Waals surface area (Å²) in [6, 6.07) is 20.1. The Morgan fingerprint density at radius 1 is 1.09 bits per heavy atom. The van der Waals surface area contributed by atoms with E-state index < -0.39 is 0 Å². The van der Waals surface area contributed by atoms with Crippen LogP contribution in [0, 0.1) is 0 Å². The van der Waals surface area contributed by atoms with Crippen molar-refractivity contribution in [3.63, 3.8) is 0 Å². The number of carbonyl (C=O) groups excluding carboxylic acids is 1. The lowest BCUT2D eigenvalue weighted by Crippen LogP contribution is -2.37. The van der Waals surface area contributed by atoms with E-state index in [9.17, 15) is 4.79 Å². The molecule has 1 amide bonds. The smallest absolute Gasteiger partial charge is 0.237 e. The molecule has 3 heterocycles. The van der Waals surface area contributed by atoms with Crippen molar-refractivity contribution in [2.24, 2.45) is 0 Å². The molecule has 4 aromatic rings. The number of thioether (sulfide) groups is 1. The van der Waals surface area contributed by atoms with Crippen molar-refractivity contribution in [3.05, 3.63) is 71.6 Å². The number of para-hydroxylation sites is 3. The van der Waals surface area contributed by atoms with Gasteiger partial charge in [0.25, 0.3) is 0 Å². The van der Waals surface area contributed by atoms with Crippen molar-refractivity contribution in [3.8, 4) is 22.1 Å². The number of anilines is 1. The first-order valence-corrected chi connectivity index (χ1v) is 12.2. The van der Waals surface area contributed by atoms with E-state index in [4.69, 9.17) is 4.74 Å². The Labute approximate surface area is 194 Å².